The van der Waals surface area contributed by atoms with Crippen molar-refractivity contribution < 1.29 is 22.7 Å². The molecule has 0 spiro atoms. The molecular formula is C28H23F3N4O2. The van der Waals surface area contributed by atoms with E-state index in [0.717, 1.165) is 0 Å². The topological polar surface area (TPSA) is 80.4 Å². The highest BCUT2D eigenvalue weighted by Crippen LogP contribution is 2.50. The Morgan fingerprint density at radius 3 is 2.03 bits per heavy atom. The first kappa shape index (κ1) is 25.6. The van der Waals surface area contributed by atoms with Crippen LogP contribution in [-0.2, 0) is 0 Å². The fraction of sp³-hybridized carbons (Fsp3) is 0.250. The summed E-state index contributed by atoms with van der Waals surface area (Å²) in [4.78, 5) is 17.3. The predicted octanol–water partition coefficient (Wildman–Crippen LogP) is 7.08. The van der Waals surface area contributed by atoms with Gasteiger partial charge in [0.1, 0.15) is 5.75 Å². The van der Waals surface area contributed by atoms with Crippen molar-refractivity contribution in [2.45, 2.75) is 44.6 Å². The zero-order valence-corrected chi connectivity index (χ0v) is 20.2. The number of alkyl halides is 3. The van der Waals surface area contributed by atoms with Gasteiger partial charge in [-0.15, -0.1) is 13.2 Å². The van der Waals surface area contributed by atoms with E-state index < -0.39 is 17.9 Å². The van der Waals surface area contributed by atoms with Gasteiger partial charge in [-0.3, -0.25) is 9.80 Å². The summed E-state index contributed by atoms with van der Waals surface area (Å²) in [5, 5.41) is 18.4. The van der Waals surface area contributed by atoms with E-state index in [1.807, 2.05) is 19.9 Å². The number of nitrogens with zero attached hydrogens (tertiary/aromatic N) is 4. The van der Waals surface area contributed by atoms with Gasteiger partial charge in [0.25, 0.3) is 0 Å². The van der Waals surface area contributed by atoms with Crippen LogP contribution in [0.1, 0.15) is 49.4 Å². The molecule has 9 heteroatoms. The summed E-state index contributed by atoms with van der Waals surface area (Å²) < 4.78 is 43.2. The molecule has 2 amide bonds. The lowest BCUT2D eigenvalue weighted by Crippen LogP contribution is -2.46. The molecule has 37 heavy (non-hydrogen) atoms. The van der Waals surface area contributed by atoms with Gasteiger partial charge in [-0.1, -0.05) is 25.5 Å². The Hall–Kier alpha value is -4.50. The standard InChI is InChI=1S/C28H23F3N4O2/c1-3-15-27(2)25(21-5-4-6-24(16-21)37-28(29,30)31)34(22-11-7-19(17-32)8-12-22)26(36)35(27)23-13-9-20(18-33)10-14-23/h4-14,16,25H,3,15H2,1-2H3/t25-,27-/m0/s1. The second-order valence-corrected chi connectivity index (χ2v) is 8.94. The minimum absolute atomic E-state index is 0.377. The van der Waals surface area contributed by atoms with Crippen LogP contribution in [0, 0.1) is 22.7 Å². The Labute approximate surface area is 212 Å². The molecule has 1 heterocycles. The number of anilines is 2. The van der Waals surface area contributed by atoms with Crippen molar-refractivity contribution >= 4 is 17.4 Å². The molecule has 0 saturated carbocycles. The van der Waals surface area contributed by atoms with Crippen LogP contribution in [-0.4, -0.2) is 17.9 Å². The number of nitriles is 2. The average Bonchev–Trinajstić information content (AvgIpc) is 3.09. The maximum absolute atomic E-state index is 14.1. The number of rotatable bonds is 6. The Morgan fingerprint density at radius 1 is 0.946 bits per heavy atom. The SMILES string of the molecule is CCC[C@@]1(C)[C@H](c2cccc(OC(F)(F)F)c2)N(c2ccc(C#N)cc2)C(=O)N1c1ccc(C#N)cc1. The number of carbonyl (C=O) groups is 1. The zero-order chi connectivity index (χ0) is 26.8. The molecule has 0 bridgehead atoms. The summed E-state index contributed by atoms with van der Waals surface area (Å²) in [5.41, 5.74) is 1.48. The third kappa shape index (κ3) is 4.94. The number of urea groups is 1. The van der Waals surface area contributed by atoms with Crippen LogP contribution in [0.5, 0.6) is 5.75 Å². The lowest BCUT2D eigenvalue weighted by Gasteiger charge is -2.39. The molecular weight excluding hydrogens is 481 g/mol. The fourth-order valence-electron chi connectivity index (χ4n) is 5.03. The third-order valence-corrected chi connectivity index (χ3v) is 6.45. The van der Waals surface area contributed by atoms with Crippen molar-refractivity contribution in [1.29, 1.82) is 10.5 Å². The van der Waals surface area contributed by atoms with E-state index in [1.165, 1.54) is 18.2 Å². The van der Waals surface area contributed by atoms with Crippen molar-refractivity contribution in [2.24, 2.45) is 0 Å². The molecule has 1 fully saturated rings. The largest absolute Gasteiger partial charge is 0.573 e. The quantitative estimate of drug-likeness (QED) is 0.359. The van der Waals surface area contributed by atoms with Gasteiger partial charge in [0.05, 0.1) is 34.8 Å². The highest BCUT2D eigenvalue weighted by atomic mass is 19.4. The van der Waals surface area contributed by atoms with Gasteiger partial charge in [-0.05, 0) is 79.6 Å². The number of ether oxygens (including phenoxy) is 1. The van der Waals surface area contributed by atoms with Crippen molar-refractivity contribution in [3.8, 4) is 17.9 Å². The maximum Gasteiger partial charge on any atom is 0.573 e. The highest BCUT2D eigenvalue weighted by molar-refractivity contribution is 6.08. The molecule has 1 saturated heterocycles. The molecule has 1 aliphatic rings. The van der Waals surface area contributed by atoms with Gasteiger partial charge in [-0.2, -0.15) is 10.5 Å². The Bertz CT molecular complexity index is 1370. The van der Waals surface area contributed by atoms with Gasteiger partial charge < -0.3 is 4.74 Å². The smallest absolute Gasteiger partial charge is 0.406 e. The number of hydrogen-bond acceptors (Lipinski definition) is 4. The van der Waals surface area contributed by atoms with E-state index in [-0.39, 0.29) is 11.8 Å². The number of amides is 2. The first-order valence-electron chi connectivity index (χ1n) is 11.6. The van der Waals surface area contributed by atoms with Gasteiger partial charge in [-0.25, -0.2) is 4.79 Å². The molecule has 0 aliphatic carbocycles. The van der Waals surface area contributed by atoms with Gasteiger partial charge in [0.15, 0.2) is 0 Å². The molecule has 6 nitrogen and oxygen atoms in total. The Morgan fingerprint density at radius 2 is 1.51 bits per heavy atom. The van der Waals surface area contributed by atoms with E-state index in [9.17, 15) is 28.5 Å². The van der Waals surface area contributed by atoms with E-state index in [4.69, 9.17) is 0 Å². The molecule has 0 aromatic heterocycles. The number of benzene rings is 3. The third-order valence-electron chi connectivity index (χ3n) is 6.45. The molecule has 188 valence electrons. The first-order valence-corrected chi connectivity index (χ1v) is 11.6. The van der Waals surface area contributed by atoms with Crippen LogP contribution < -0.4 is 14.5 Å². The lowest BCUT2D eigenvalue weighted by molar-refractivity contribution is -0.274. The fourth-order valence-corrected chi connectivity index (χ4v) is 5.03. The molecule has 1 aliphatic heterocycles. The molecule has 0 N–H and O–H groups in total. The second kappa shape index (κ2) is 9.87. The highest BCUT2D eigenvalue weighted by Gasteiger charge is 2.55. The minimum Gasteiger partial charge on any atom is -0.406 e. The summed E-state index contributed by atoms with van der Waals surface area (Å²) >= 11 is 0. The van der Waals surface area contributed by atoms with Gasteiger partial charge >= 0.3 is 12.4 Å². The van der Waals surface area contributed by atoms with Crippen molar-refractivity contribution in [2.75, 3.05) is 9.80 Å². The van der Waals surface area contributed by atoms with E-state index in [0.29, 0.717) is 40.9 Å². The first-order chi connectivity index (χ1) is 17.6. The van der Waals surface area contributed by atoms with E-state index in [2.05, 4.69) is 10.8 Å². The summed E-state index contributed by atoms with van der Waals surface area (Å²) in [5.74, 6) is -0.382. The van der Waals surface area contributed by atoms with Crippen LogP contribution >= 0.6 is 0 Å². The molecule has 3 aromatic rings. The molecule has 2 atom stereocenters. The summed E-state index contributed by atoms with van der Waals surface area (Å²) in [7, 11) is 0. The molecule has 3 aromatic carbocycles. The summed E-state index contributed by atoms with van der Waals surface area (Å²) in [6.07, 6.45) is -3.65. The van der Waals surface area contributed by atoms with Gasteiger partial charge in [0.2, 0.25) is 0 Å². The molecule has 0 radical (unpaired) electrons. The summed E-state index contributed by atoms with van der Waals surface area (Å²) in [6.45, 7) is 3.87. The zero-order valence-electron chi connectivity index (χ0n) is 20.2. The van der Waals surface area contributed by atoms with Crippen LogP contribution in [0.4, 0.5) is 29.3 Å². The lowest BCUT2D eigenvalue weighted by atomic mass is 9.82. The Kier molecular flexibility index (Phi) is 6.82. The van der Waals surface area contributed by atoms with Crippen LogP contribution in [0.3, 0.4) is 0 Å². The van der Waals surface area contributed by atoms with Crippen molar-refractivity contribution in [1.82, 2.24) is 0 Å². The molecule has 0 unspecified atom stereocenters. The number of hydrogen-bond donors (Lipinski definition) is 0. The monoisotopic (exact) mass is 504 g/mol. The number of halogens is 3. The average molecular weight is 505 g/mol. The second-order valence-electron chi connectivity index (χ2n) is 8.94. The van der Waals surface area contributed by atoms with Crippen molar-refractivity contribution in [3.63, 3.8) is 0 Å². The minimum atomic E-state index is -4.86. The van der Waals surface area contributed by atoms with Crippen LogP contribution in [0.25, 0.3) is 0 Å². The van der Waals surface area contributed by atoms with E-state index >= 15 is 0 Å². The van der Waals surface area contributed by atoms with E-state index in [1.54, 1.807) is 64.4 Å². The number of carbonyl (C=O) groups excluding carboxylic acids is 1. The normalized spacial score (nSPS) is 19.4. The molecule has 4 rings (SSSR count). The predicted molar refractivity (Wildman–Crippen MR) is 132 cm³/mol. The van der Waals surface area contributed by atoms with Gasteiger partial charge in [0, 0.05) is 11.4 Å². The van der Waals surface area contributed by atoms with Crippen LogP contribution in [0.2, 0.25) is 0 Å². The Balaban J connectivity index is 1.92. The summed E-state index contributed by atoms with van der Waals surface area (Å²) in [6, 6.07) is 21.8. The van der Waals surface area contributed by atoms with Crippen molar-refractivity contribution in [3.05, 3.63) is 89.5 Å². The maximum atomic E-state index is 14.1. The van der Waals surface area contributed by atoms with Crippen LogP contribution in [0.15, 0.2) is 72.8 Å².